The van der Waals surface area contributed by atoms with Gasteiger partial charge in [0.1, 0.15) is 0 Å². The van der Waals surface area contributed by atoms with E-state index in [1.54, 1.807) is 0 Å². The lowest BCUT2D eigenvalue weighted by Gasteiger charge is -2.30. The maximum atomic E-state index is 5.86. The van der Waals surface area contributed by atoms with Gasteiger partial charge in [-0.25, -0.2) is 0 Å². The van der Waals surface area contributed by atoms with Gasteiger partial charge in [-0.05, 0) is 19.3 Å². The molecule has 3 nitrogen and oxygen atoms in total. The zero-order valence-corrected chi connectivity index (χ0v) is 7.54. The van der Waals surface area contributed by atoms with Crippen molar-refractivity contribution in [2.75, 3.05) is 26.3 Å². The summed E-state index contributed by atoms with van der Waals surface area (Å²) in [4.78, 5) is 2.53. The molecule has 2 fully saturated rings. The van der Waals surface area contributed by atoms with Gasteiger partial charge in [-0.1, -0.05) is 0 Å². The van der Waals surface area contributed by atoms with Crippen molar-refractivity contribution in [1.29, 1.82) is 0 Å². The SMILES string of the molecule is N[C@H]1CCN(C2CCOCC2)C1. The molecule has 3 heteroatoms. The first kappa shape index (κ1) is 8.48. The highest BCUT2D eigenvalue weighted by Crippen LogP contribution is 2.18. The minimum Gasteiger partial charge on any atom is -0.381 e. The average molecular weight is 170 g/mol. The standard InChI is InChI=1S/C9H18N2O/c10-8-1-4-11(7-8)9-2-5-12-6-3-9/h8-9H,1-7,10H2/t8-/m0/s1. The molecule has 0 aromatic heterocycles. The maximum Gasteiger partial charge on any atom is 0.0480 e. The van der Waals surface area contributed by atoms with Gasteiger partial charge >= 0.3 is 0 Å². The summed E-state index contributed by atoms with van der Waals surface area (Å²) in [5.74, 6) is 0. The molecule has 2 saturated heterocycles. The average Bonchev–Trinajstić information content (AvgIpc) is 2.54. The first-order valence-electron chi connectivity index (χ1n) is 4.93. The van der Waals surface area contributed by atoms with E-state index in [1.807, 2.05) is 0 Å². The summed E-state index contributed by atoms with van der Waals surface area (Å²) in [6, 6.07) is 1.18. The monoisotopic (exact) mass is 170 g/mol. The molecule has 0 saturated carbocycles. The number of ether oxygens (including phenoxy) is 1. The molecular weight excluding hydrogens is 152 g/mol. The Morgan fingerprint density at radius 3 is 2.50 bits per heavy atom. The lowest BCUT2D eigenvalue weighted by Crippen LogP contribution is -2.39. The molecule has 12 heavy (non-hydrogen) atoms. The number of hydrogen-bond donors (Lipinski definition) is 1. The van der Waals surface area contributed by atoms with E-state index in [0.29, 0.717) is 6.04 Å². The Morgan fingerprint density at radius 2 is 1.92 bits per heavy atom. The van der Waals surface area contributed by atoms with Crippen molar-refractivity contribution in [1.82, 2.24) is 4.90 Å². The first-order valence-corrected chi connectivity index (χ1v) is 4.93. The normalized spacial score (nSPS) is 34.2. The summed E-state index contributed by atoms with van der Waals surface area (Å²) in [5, 5.41) is 0. The van der Waals surface area contributed by atoms with Gasteiger partial charge in [0.15, 0.2) is 0 Å². The molecule has 2 aliphatic rings. The molecule has 0 aromatic carbocycles. The third-order valence-corrected chi connectivity index (χ3v) is 2.96. The van der Waals surface area contributed by atoms with Crippen molar-refractivity contribution in [3.05, 3.63) is 0 Å². The fourth-order valence-corrected chi connectivity index (χ4v) is 2.20. The molecule has 0 spiro atoms. The molecule has 0 aliphatic carbocycles. The van der Waals surface area contributed by atoms with Crippen molar-refractivity contribution in [3.8, 4) is 0 Å². The van der Waals surface area contributed by atoms with Crippen LogP contribution in [-0.4, -0.2) is 43.3 Å². The lowest BCUT2D eigenvalue weighted by molar-refractivity contribution is 0.0420. The minimum absolute atomic E-state index is 0.424. The third-order valence-electron chi connectivity index (χ3n) is 2.96. The van der Waals surface area contributed by atoms with Crippen LogP contribution >= 0.6 is 0 Å². The molecule has 0 radical (unpaired) electrons. The van der Waals surface area contributed by atoms with E-state index in [0.717, 1.165) is 25.8 Å². The van der Waals surface area contributed by atoms with Crippen LogP contribution in [0.15, 0.2) is 0 Å². The Hall–Kier alpha value is -0.120. The van der Waals surface area contributed by atoms with Gasteiger partial charge in [-0.15, -0.1) is 0 Å². The second kappa shape index (κ2) is 3.73. The van der Waals surface area contributed by atoms with Gasteiger partial charge in [-0.3, -0.25) is 4.90 Å². The summed E-state index contributed by atoms with van der Waals surface area (Å²) < 4.78 is 5.33. The first-order chi connectivity index (χ1) is 5.86. The lowest BCUT2D eigenvalue weighted by atomic mass is 10.1. The smallest absolute Gasteiger partial charge is 0.0480 e. The molecule has 0 amide bonds. The predicted molar refractivity (Wildman–Crippen MR) is 48.0 cm³/mol. The fraction of sp³-hybridized carbons (Fsp3) is 1.00. The molecule has 70 valence electrons. The van der Waals surface area contributed by atoms with Crippen LogP contribution in [0.3, 0.4) is 0 Å². The van der Waals surface area contributed by atoms with Gasteiger partial charge in [0, 0.05) is 38.4 Å². The summed E-state index contributed by atoms with van der Waals surface area (Å²) in [6.45, 7) is 4.18. The molecule has 0 unspecified atom stereocenters. The zero-order valence-electron chi connectivity index (χ0n) is 7.54. The number of hydrogen-bond acceptors (Lipinski definition) is 3. The zero-order chi connectivity index (χ0) is 8.39. The van der Waals surface area contributed by atoms with E-state index < -0.39 is 0 Å². The van der Waals surface area contributed by atoms with Crippen LogP contribution in [0, 0.1) is 0 Å². The van der Waals surface area contributed by atoms with E-state index >= 15 is 0 Å². The van der Waals surface area contributed by atoms with Gasteiger partial charge in [0.2, 0.25) is 0 Å². The van der Waals surface area contributed by atoms with Crippen LogP contribution in [0.5, 0.6) is 0 Å². The Morgan fingerprint density at radius 1 is 1.17 bits per heavy atom. The van der Waals surface area contributed by atoms with Gasteiger partial charge in [0.25, 0.3) is 0 Å². The van der Waals surface area contributed by atoms with Gasteiger partial charge in [-0.2, -0.15) is 0 Å². The summed E-state index contributed by atoms with van der Waals surface area (Å²) in [7, 11) is 0. The van der Waals surface area contributed by atoms with Crippen molar-refractivity contribution >= 4 is 0 Å². The van der Waals surface area contributed by atoms with E-state index in [-0.39, 0.29) is 0 Å². The number of nitrogens with zero attached hydrogens (tertiary/aromatic N) is 1. The number of rotatable bonds is 1. The van der Waals surface area contributed by atoms with E-state index in [2.05, 4.69) is 4.90 Å². The summed E-state index contributed by atoms with van der Waals surface area (Å²) in [5.41, 5.74) is 5.86. The van der Waals surface area contributed by atoms with Crippen LogP contribution in [0.4, 0.5) is 0 Å². The molecule has 0 bridgehead atoms. The van der Waals surface area contributed by atoms with E-state index in [4.69, 9.17) is 10.5 Å². The molecule has 0 aromatic rings. The Bertz CT molecular complexity index is 143. The van der Waals surface area contributed by atoms with Crippen LogP contribution in [0.2, 0.25) is 0 Å². The van der Waals surface area contributed by atoms with Crippen LogP contribution in [0.1, 0.15) is 19.3 Å². The van der Waals surface area contributed by atoms with Crippen molar-refractivity contribution in [2.45, 2.75) is 31.3 Å². The highest BCUT2D eigenvalue weighted by Gasteiger charge is 2.27. The summed E-state index contributed by atoms with van der Waals surface area (Å²) >= 11 is 0. The fourth-order valence-electron chi connectivity index (χ4n) is 2.20. The van der Waals surface area contributed by atoms with Crippen molar-refractivity contribution in [3.63, 3.8) is 0 Å². The Kier molecular flexibility index (Phi) is 2.63. The van der Waals surface area contributed by atoms with Gasteiger partial charge in [0.05, 0.1) is 0 Å². The van der Waals surface area contributed by atoms with Crippen LogP contribution in [-0.2, 0) is 4.74 Å². The van der Waals surface area contributed by atoms with Crippen molar-refractivity contribution < 1.29 is 4.74 Å². The van der Waals surface area contributed by atoms with Crippen molar-refractivity contribution in [2.24, 2.45) is 5.73 Å². The van der Waals surface area contributed by atoms with Crippen LogP contribution in [0.25, 0.3) is 0 Å². The minimum atomic E-state index is 0.424. The molecule has 2 rings (SSSR count). The molecular formula is C9H18N2O. The largest absolute Gasteiger partial charge is 0.381 e. The second-order valence-corrected chi connectivity index (χ2v) is 3.89. The molecule has 2 aliphatic heterocycles. The quantitative estimate of drug-likeness (QED) is 0.611. The summed E-state index contributed by atoms with van der Waals surface area (Å²) in [6.07, 6.45) is 3.58. The Labute approximate surface area is 73.9 Å². The molecule has 1 atom stereocenters. The second-order valence-electron chi connectivity index (χ2n) is 3.89. The topological polar surface area (TPSA) is 38.5 Å². The van der Waals surface area contributed by atoms with Gasteiger partial charge < -0.3 is 10.5 Å². The maximum absolute atomic E-state index is 5.86. The predicted octanol–water partition coefficient (Wildman–Crippen LogP) is 0.198. The molecule has 2 N–H and O–H groups in total. The number of likely N-dealkylation sites (tertiary alicyclic amines) is 1. The Balaban J connectivity index is 1.83. The highest BCUT2D eigenvalue weighted by molar-refractivity contribution is 4.84. The van der Waals surface area contributed by atoms with Crippen LogP contribution < -0.4 is 5.73 Å². The third kappa shape index (κ3) is 1.79. The highest BCUT2D eigenvalue weighted by atomic mass is 16.5. The number of nitrogens with two attached hydrogens (primary N) is 1. The van der Waals surface area contributed by atoms with E-state index in [9.17, 15) is 0 Å². The van der Waals surface area contributed by atoms with E-state index in [1.165, 1.54) is 25.8 Å². The molecule has 2 heterocycles.